The molecule has 1 saturated heterocycles. The summed E-state index contributed by atoms with van der Waals surface area (Å²) in [7, 11) is 0. The smallest absolute Gasteiger partial charge is 0.272 e. The van der Waals surface area contributed by atoms with Crippen LogP contribution < -0.4 is 0 Å². The maximum Gasteiger partial charge on any atom is 0.272 e. The predicted molar refractivity (Wildman–Crippen MR) is 67.5 cm³/mol. The summed E-state index contributed by atoms with van der Waals surface area (Å²) in [6.07, 6.45) is 1.55. The van der Waals surface area contributed by atoms with Crippen LogP contribution in [0.15, 0.2) is 24.4 Å². The number of alkyl halides is 2. The molecule has 0 spiro atoms. The van der Waals surface area contributed by atoms with E-state index in [2.05, 4.69) is 4.98 Å². The summed E-state index contributed by atoms with van der Waals surface area (Å²) in [6, 6.07) is 5.10. The molecule has 0 aliphatic carbocycles. The molecule has 0 radical (unpaired) electrons. The number of nitrogens with zero attached hydrogens (tertiary/aromatic N) is 3. The van der Waals surface area contributed by atoms with Gasteiger partial charge in [0.05, 0.1) is 0 Å². The first-order chi connectivity index (χ1) is 9.09. The lowest BCUT2D eigenvalue weighted by molar-refractivity contribution is -0.135. The minimum absolute atomic E-state index is 0.185. The van der Waals surface area contributed by atoms with Crippen LogP contribution in [0.2, 0.25) is 0 Å². The fraction of sp³-hybridized carbons (Fsp3) is 0.417. The number of carbonyl (C=O) groups is 2. The number of hydrogen-bond acceptors (Lipinski definition) is 3. The molecule has 1 aromatic heterocycles. The summed E-state index contributed by atoms with van der Waals surface area (Å²) >= 11 is 5.11. The average molecular weight is 286 g/mol. The number of halogens is 2. The lowest BCUT2D eigenvalue weighted by Crippen LogP contribution is -2.52. The van der Waals surface area contributed by atoms with E-state index in [1.54, 1.807) is 29.3 Å². The third-order valence-corrected chi connectivity index (χ3v) is 3.14. The lowest BCUT2D eigenvalue weighted by Gasteiger charge is -2.34. The van der Waals surface area contributed by atoms with E-state index in [1.165, 1.54) is 4.90 Å². The van der Waals surface area contributed by atoms with Gasteiger partial charge in [-0.1, -0.05) is 17.7 Å². The van der Waals surface area contributed by atoms with Gasteiger partial charge in [0.1, 0.15) is 5.69 Å². The number of amides is 2. The molecule has 1 aliphatic rings. The van der Waals surface area contributed by atoms with E-state index >= 15 is 0 Å². The first-order valence-corrected chi connectivity index (χ1v) is 6.30. The second kappa shape index (κ2) is 5.97. The summed E-state index contributed by atoms with van der Waals surface area (Å²) in [5.74, 6) is -0.929. The minimum atomic E-state index is -2.02. The van der Waals surface area contributed by atoms with E-state index in [0.29, 0.717) is 18.8 Å². The second-order valence-electron chi connectivity index (χ2n) is 4.13. The Bertz CT molecular complexity index is 461. The first kappa shape index (κ1) is 13.7. The zero-order valence-electron chi connectivity index (χ0n) is 10.1. The Kier molecular flexibility index (Phi) is 4.31. The third kappa shape index (κ3) is 3.20. The molecule has 0 aromatic carbocycles. The molecule has 2 heterocycles. The van der Waals surface area contributed by atoms with Gasteiger partial charge < -0.3 is 9.80 Å². The van der Waals surface area contributed by atoms with Gasteiger partial charge in [-0.25, -0.2) is 4.39 Å². The second-order valence-corrected chi connectivity index (χ2v) is 4.52. The Morgan fingerprint density at radius 1 is 1.21 bits per heavy atom. The monoisotopic (exact) mass is 285 g/mol. The number of rotatable bonds is 2. The van der Waals surface area contributed by atoms with Crippen molar-refractivity contribution in [2.75, 3.05) is 26.2 Å². The molecule has 1 unspecified atom stereocenters. The number of hydrogen-bond donors (Lipinski definition) is 0. The molecule has 19 heavy (non-hydrogen) atoms. The van der Waals surface area contributed by atoms with Gasteiger partial charge in [0.25, 0.3) is 17.4 Å². The van der Waals surface area contributed by atoms with Crippen LogP contribution in [0.25, 0.3) is 0 Å². The van der Waals surface area contributed by atoms with Gasteiger partial charge in [0, 0.05) is 32.4 Å². The van der Waals surface area contributed by atoms with Crippen molar-refractivity contribution >= 4 is 23.4 Å². The topological polar surface area (TPSA) is 53.5 Å². The number of piperazine rings is 1. The highest BCUT2D eigenvalue weighted by Gasteiger charge is 2.28. The van der Waals surface area contributed by atoms with Crippen molar-refractivity contribution in [3.63, 3.8) is 0 Å². The van der Waals surface area contributed by atoms with Gasteiger partial charge in [-0.15, -0.1) is 0 Å². The van der Waals surface area contributed by atoms with Crippen LogP contribution >= 0.6 is 11.6 Å². The van der Waals surface area contributed by atoms with Crippen LogP contribution in [0.5, 0.6) is 0 Å². The average Bonchev–Trinajstić information content (AvgIpc) is 2.46. The highest BCUT2D eigenvalue weighted by atomic mass is 35.5. The molecule has 2 rings (SSSR count). The zero-order chi connectivity index (χ0) is 13.8. The van der Waals surface area contributed by atoms with Crippen molar-refractivity contribution in [1.82, 2.24) is 14.8 Å². The van der Waals surface area contributed by atoms with Gasteiger partial charge in [0.2, 0.25) is 0 Å². The molecule has 5 nitrogen and oxygen atoms in total. The predicted octanol–water partition coefficient (Wildman–Crippen LogP) is 0.900. The molecule has 0 bridgehead atoms. The Labute approximate surface area is 115 Å². The molecule has 7 heteroatoms. The highest BCUT2D eigenvalue weighted by Crippen LogP contribution is 2.10. The lowest BCUT2D eigenvalue weighted by atomic mass is 10.2. The highest BCUT2D eigenvalue weighted by molar-refractivity contribution is 6.29. The maximum absolute atomic E-state index is 12.7. The van der Waals surface area contributed by atoms with E-state index in [9.17, 15) is 14.0 Å². The van der Waals surface area contributed by atoms with Crippen molar-refractivity contribution in [3.05, 3.63) is 30.1 Å². The van der Waals surface area contributed by atoms with Gasteiger partial charge in [-0.3, -0.25) is 14.6 Å². The molecular weight excluding hydrogens is 273 g/mol. The third-order valence-electron chi connectivity index (χ3n) is 2.95. The molecule has 1 atom stereocenters. The van der Waals surface area contributed by atoms with Crippen LogP contribution in [0.3, 0.4) is 0 Å². The standard InChI is InChI=1S/C12H13ClFN3O2/c13-10(14)12(19)17-7-5-16(6-8-17)11(18)9-3-1-2-4-15-9/h1-4,10H,5-8H2. The summed E-state index contributed by atoms with van der Waals surface area (Å²) in [4.78, 5) is 30.3. The van der Waals surface area contributed by atoms with Crippen LogP contribution in [0, 0.1) is 0 Å². The number of pyridine rings is 1. The van der Waals surface area contributed by atoms with Crippen LogP contribution in [0.4, 0.5) is 4.39 Å². The molecule has 2 amide bonds. The van der Waals surface area contributed by atoms with Gasteiger partial charge in [-0.2, -0.15) is 0 Å². The van der Waals surface area contributed by atoms with Gasteiger partial charge in [-0.05, 0) is 12.1 Å². The maximum atomic E-state index is 12.7. The number of aromatic nitrogens is 1. The summed E-state index contributed by atoms with van der Waals surface area (Å²) in [5, 5.41) is 0. The van der Waals surface area contributed by atoms with E-state index in [-0.39, 0.29) is 19.0 Å². The fourth-order valence-corrected chi connectivity index (χ4v) is 2.06. The van der Waals surface area contributed by atoms with Crippen molar-refractivity contribution in [3.8, 4) is 0 Å². The summed E-state index contributed by atoms with van der Waals surface area (Å²) < 4.78 is 12.7. The summed E-state index contributed by atoms with van der Waals surface area (Å²) in [6.45, 7) is 1.27. The van der Waals surface area contributed by atoms with Crippen molar-refractivity contribution in [2.45, 2.75) is 5.63 Å². The Balaban J connectivity index is 1.94. The molecular formula is C12H13ClFN3O2. The zero-order valence-corrected chi connectivity index (χ0v) is 10.9. The van der Waals surface area contributed by atoms with E-state index in [0.717, 1.165) is 0 Å². The van der Waals surface area contributed by atoms with Crippen molar-refractivity contribution in [1.29, 1.82) is 0 Å². The van der Waals surface area contributed by atoms with Crippen molar-refractivity contribution < 1.29 is 14.0 Å². The van der Waals surface area contributed by atoms with Crippen molar-refractivity contribution in [2.24, 2.45) is 0 Å². The molecule has 1 aromatic rings. The quantitative estimate of drug-likeness (QED) is 0.759. The van der Waals surface area contributed by atoms with Crippen LogP contribution in [-0.4, -0.2) is 58.4 Å². The molecule has 1 fully saturated rings. The Morgan fingerprint density at radius 2 is 1.84 bits per heavy atom. The first-order valence-electron chi connectivity index (χ1n) is 5.87. The number of carbonyl (C=O) groups excluding carboxylic acids is 2. The largest absolute Gasteiger partial charge is 0.336 e. The van der Waals surface area contributed by atoms with Gasteiger partial charge in [0.15, 0.2) is 0 Å². The van der Waals surface area contributed by atoms with Gasteiger partial charge >= 0.3 is 0 Å². The summed E-state index contributed by atoms with van der Waals surface area (Å²) in [5.41, 5.74) is -1.65. The minimum Gasteiger partial charge on any atom is -0.336 e. The normalized spacial score (nSPS) is 17.2. The molecule has 1 aliphatic heterocycles. The van der Waals surface area contributed by atoms with E-state index < -0.39 is 11.5 Å². The SMILES string of the molecule is O=C(c1ccccn1)N1CCN(C(=O)C(F)Cl)CC1. The van der Waals surface area contributed by atoms with E-state index in [1.807, 2.05) is 0 Å². The van der Waals surface area contributed by atoms with Crippen LogP contribution in [-0.2, 0) is 4.79 Å². The molecule has 0 saturated carbocycles. The Morgan fingerprint density at radius 3 is 2.37 bits per heavy atom. The Hall–Kier alpha value is -1.69. The molecule has 0 N–H and O–H groups in total. The fourth-order valence-electron chi connectivity index (χ4n) is 1.92. The van der Waals surface area contributed by atoms with E-state index in [4.69, 9.17) is 11.6 Å². The van der Waals surface area contributed by atoms with Crippen LogP contribution in [0.1, 0.15) is 10.5 Å². The molecule has 102 valence electrons.